The van der Waals surface area contributed by atoms with E-state index in [1.165, 1.54) is 12.3 Å². The van der Waals surface area contributed by atoms with Crippen molar-refractivity contribution in [3.8, 4) is 5.75 Å². The number of carbonyl (C=O) groups excluding carboxylic acids is 1. The van der Waals surface area contributed by atoms with Crippen LogP contribution in [0.2, 0.25) is 0 Å². The Labute approximate surface area is 149 Å². The Hall–Kier alpha value is -2.94. The predicted octanol–water partition coefficient (Wildman–Crippen LogP) is -0.407. The average Bonchev–Trinajstić information content (AvgIpc) is 2.61. The van der Waals surface area contributed by atoms with Gasteiger partial charge in [0.15, 0.2) is 0 Å². The van der Waals surface area contributed by atoms with Crippen molar-refractivity contribution in [3.63, 3.8) is 0 Å². The van der Waals surface area contributed by atoms with Crippen LogP contribution in [0.5, 0.6) is 5.75 Å². The summed E-state index contributed by atoms with van der Waals surface area (Å²) < 4.78 is 12.5. The van der Waals surface area contributed by atoms with E-state index in [2.05, 4.69) is 15.3 Å². The van der Waals surface area contributed by atoms with Gasteiger partial charge in [-0.1, -0.05) is 0 Å². The van der Waals surface area contributed by atoms with Crippen molar-refractivity contribution in [2.45, 2.75) is 32.0 Å². The van der Waals surface area contributed by atoms with Gasteiger partial charge < -0.3 is 14.8 Å². The van der Waals surface area contributed by atoms with Gasteiger partial charge in [-0.25, -0.2) is 4.79 Å². The Kier molecular flexibility index (Phi) is 5.47. The van der Waals surface area contributed by atoms with E-state index in [-0.39, 0.29) is 24.6 Å². The van der Waals surface area contributed by atoms with Crippen molar-refractivity contribution < 1.29 is 14.3 Å². The number of pyridine rings is 1. The highest BCUT2D eigenvalue weighted by atomic mass is 16.5. The third-order valence-electron chi connectivity index (χ3n) is 4.03. The standard InChI is InChI=1S/C17H20N4O5/c1-11-2-3-12(8-18-11)26-14-10-25-7-5-13(14)19-16(23)9-21-6-4-15(22)20-17(21)24/h2-4,6,8,13-14H,5,7,9-10H2,1H3,(H,19,23)(H,20,22,24)/t13-,14+/m0/s1. The molecular formula is C17H20N4O5. The minimum absolute atomic E-state index is 0.189. The molecule has 2 N–H and O–H groups in total. The fraction of sp³-hybridized carbons (Fsp3) is 0.412. The molecule has 0 bridgehead atoms. The van der Waals surface area contributed by atoms with Gasteiger partial charge in [-0.05, 0) is 25.5 Å². The topological polar surface area (TPSA) is 115 Å². The number of H-pyrrole nitrogens is 1. The normalized spacial score (nSPS) is 19.7. The molecule has 138 valence electrons. The lowest BCUT2D eigenvalue weighted by molar-refractivity contribution is -0.124. The van der Waals surface area contributed by atoms with Crippen LogP contribution < -0.4 is 21.3 Å². The number of aromatic amines is 1. The Balaban J connectivity index is 1.63. The van der Waals surface area contributed by atoms with Crippen LogP contribution in [-0.4, -0.2) is 45.8 Å². The molecule has 1 aliphatic heterocycles. The van der Waals surface area contributed by atoms with Gasteiger partial charge in [-0.3, -0.25) is 24.1 Å². The third-order valence-corrected chi connectivity index (χ3v) is 4.03. The molecular weight excluding hydrogens is 340 g/mol. The van der Waals surface area contributed by atoms with Crippen molar-refractivity contribution in [3.05, 3.63) is 57.1 Å². The maximum absolute atomic E-state index is 12.3. The summed E-state index contributed by atoms with van der Waals surface area (Å²) in [5.74, 6) is 0.254. The molecule has 0 aromatic carbocycles. The molecule has 1 saturated heterocycles. The molecule has 9 nitrogen and oxygen atoms in total. The molecule has 3 rings (SSSR count). The van der Waals surface area contributed by atoms with Crippen molar-refractivity contribution in [1.29, 1.82) is 0 Å². The molecule has 1 amide bonds. The summed E-state index contributed by atoms with van der Waals surface area (Å²) in [7, 11) is 0. The number of nitrogens with one attached hydrogen (secondary N) is 2. The van der Waals surface area contributed by atoms with Crippen LogP contribution in [0.15, 0.2) is 40.2 Å². The SMILES string of the molecule is Cc1ccc(O[C@@H]2COCC[C@@H]2NC(=O)Cn2ccc(=O)[nH]c2=O)cn1. The highest BCUT2D eigenvalue weighted by Gasteiger charge is 2.29. The first-order valence-electron chi connectivity index (χ1n) is 8.27. The summed E-state index contributed by atoms with van der Waals surface area (Å²) in [5.41, 5.74) is -0.247. The second kappa shape index (κ2) is 7.96. The van der Waals surface area contributed by atoms with Crippen molar-refractivity contribution in [2.75, 3.05) is 13.2 Å². The van der Waals surface area contributed by atoms with E-state index < -0.39 is 11.2 Å². The number of aryl methyl sites for hydroxylation is 1. The number of aromatic nitrogens is 3. The summed E-state index contributed by atoms with van der Waals surface area (Å²) >= 11 is 0. The first kappa shape index (κ1) is 17.9. The van der Waals surface area contributed by atoms with Crippen LogP contribution in [-0.2, 0) is 16.1 Å². The lowest BCUT2D eigenvalue weighted by Gasteiger charge is -2.32. The average molecular weight is 360 g/mol. The number of hydrogen-bond donors (Lipinski definition) is 2. The highest BCUT2D eigenvalue weighted by molar-refractivity contribution is 5.76. The largest absolute Gasteiger partial charge is 0.484 e. The second-order valence-corrected chi connectivity index (χ2v) is 6.07. The van der Waals surface area contributed by atoms with Crippen LogP contribution in [0.4, 0.5) is 0 Å². The molecule has 2 aromatic rings. The van der Waals surface area contributed by atoms with E-state index in [0.717, 1.165) is 10.3 Å². The third kappa shape index (κ3) is 4.57. The molecule has 0 radical (unpaired) electrons. The van der Waals surface area contributed by atoms with Crippen LogP contribution >= 0.6 is 0 Å². The smallest absolute Gasteiger partial charge is 0.328 e. The molecule has 1 aliphatic rings. The maximum atomic E-state index is 12.3. The molecule has 0 spiro atoms. The van der Waals surface area contributed by atoms with Crippen LogP contribution in [0.25, 0.3) is 0 Å². The molecule has 2 aromatic heterocycles. The molecule has 26 heavy (non-hydrogen) atoms. The van der Waals surface area contributed by atoms with E-state index in [4.69, 9.17) is 9.47 Å². The van der Waals surface area contributed by atoms with Gasteiger partial charge in [0.25, 0.3) is 5.56 Å². The molecule has 2 atom stereocenters. The van der Waals surface area contributed by atoms with Gasteiger partial charge >= 0.3 is 5.69 Å². The van der Waals surface area contributed by atoms with E-state index in [9.17, 15) is 14.4 Å². The van der Waals surface area contributed by atoms with Gasteiger partial charge in [0.05, 0.1) is 18.8 Å². The quantitative estimate of drug-likeness (QED) is 0.749. The monoisotopic (exact) mass is 360 g/mol. The number of ether oxygens (including phenoxy) is 2. The van der Waals surface area contributed by atoms with Gasteiger partial charge in [0.2, 0.25) is 5.91 Å². The lowest BCUT2D eigenvalue weighted by Crippen LogP contribution is -2.52. The molecule has 9 heteroatoms. The number of hydrogen-bond acceptors (Lipinski definition) is 6. The zero-order chi connectivity index (χ0) is 18.5. The summed E-state index contributed by atoms with van der Waals surface area (Å²) in [6, 6.07) is 4.60. The number of amides is 1. The minimum atomic E-state index is -0.627. The molecule has 1 fully saturated rings. The van der Waals surface area contributed by atoms with Crippen LogP contribution in [0.3, 0.4) is 0 Å². The fourth-order valence-corrected chi connectivity index (χ4v) is 2.67. The Bertz CT molecular complexity index is 874. The zero-order valence-corrected chi connectivity index (χ0v) is 14.3. The summed E-state index contributed by atoms with van der Waals surface area (Å²) in [5, 5.41) is 2.87. The minimum Gasteiger partial charge on any atom is -0.484 e. The summed E-state index contributed by atoms with van der Waals surface area (Å²) in [4.78, 5) is 41.3. The Morgan fingerprint density at radius 3 is 3.00 bits per heavy atom. The molecule has 0 unspecified atom stereocenters. The number of rotatable bonds is 5. The van der Waals surface area contributed by atoms with Crippen LogP contribution in [0.1, 0.15) is 12.1 Å². The van der Waals surface area contributed by atoms with E-state index >= 15 is 0 Å². The number of carbonyl (C=O) groups is 1. The maximum Gasteiger partial charge on any atom is 0.328 e. The van der Waals surface area contributed by atoms with E-state index in [0.29, 0.717) is 25.4 Å². The Morgan fingerprint density at radius 2 is 2.27 bits per heavy atom. The van der Waals surface area contributed by atoms with E-state index in [1.54, 1.807) is 6.20 Å². The summed E-state index contributed by atoms with van der Waals surface area (Å²) in [6.07, 6.45) is 3.15. The molecule has 3 heterocycles. The first-order chi connectivity index (χ1) is 12.5. The summed E-state index contributed by atoms with van der Waals surface area (Å²) in [6.45, 7) is 2.55. The van der Waals surface area contributed by atoms with Gasteiger partial charge in [0, 0.05) is 24.6 Å². The van der Waals surface area contributed by atoms with Crippen molar-refractivity contribution in [2.24, 2.45) is 0 Å². The molecule has 0 saturated carbocycles. The predicted molar refractivity (Wildman–Crippen MR) is 92.1 cm³/mol. The van der Waals surface area contributed by atoms with Gasteiger partial charge in [0.1, 0.15) is 18.4 Å². The fourth-order valence-electron chi connectivity index (χ4n) is 2.67. The first-order valence-corrected chi connectivity index (χ1v) is 8.27. The van der Waals surface area contributed by atoms with Crippen LogP contribution in [0, 0.1) is 6.92 Å². The second-order valence-electron chi connectivity index (χ2n) is 6.07. The molecule has 0 aliphatic carbocycles. The van der Waals surface area contributed by atoms with Crippen molar-refractivity contribution in [1.82, 2.24) is 19.9 Å². The Morgan fingerprint density at radius 1 is 1.42 bits per heavy atom. The van der Waals surface area contributed by atoms with Gasteiger partial charge in [-0.15, -0.1) is 0 Å². The van der Waals surface area contributed by atoms with Crippen molar-refractivity contribution >= 4 is 5.91 Å². The van der Waals surface area contributed by atoms with Gasteiger partial charge in [-0.2, -0.15) is 0 Å². The zero-order valence-electron chi connectivity index (χ0n) is 14.3. The number of nitrogens with zero attached hydrogens (tertiary/aromatic N) is 2. The van der Waals surface area contributed by atoms with E-state index in [1.807, 2.05) is 19.1 Å². The lowest BCUT2D eigenvalue weighted by atomic mass is 10.1. The highest BCUT2D eigenvalue weighted by Crippen LogP contribution is 2.17.